The minimum Gasteiger partial charge on any atom is -0.509 e. The molecule has 1 aliphatic carbocycles. The lowest BCUT2D eigenvalue weighted by Gasteiger charge is -2.07. The average Bonchev–Trinajstić information content (AvgIpc) is 2.64. The van der Waals surface area contributed by atoms with Gasteiger partial charge >= 0.3 is 5.97 Å². The molecule has 1 aliphatic heterocycles. The van der Waals surface area contributed by atoms with Crippen LogP contribution in [0.15, 0.2) is 11.5 Å². The van der Waals surface area contributed by atoms with Gasteiger partial charge in [0.25, 0.3) is 5.60 Å². The molecular formula is C7H8O4. The molecule has 0 bridgehead atoms. The molecule has 0 amide bonds. The van der Waals surface area contributed by atoms with Crippen molar-refractivity contribution in [2.45, 2.75) is 24.9 Å². The van der Waals surface area contributed by atoms with Crippen LogP contribution in [-0.4, -0.2) is 21.8 Å². The molecule has 0 aromatic rings. The summed E-state index contributed by atoms with van der Waals surface area (Å²) in [7, 11) is 0. The third kappa shape index (κ3) is 0.664. The lowest BCUT2D eigenvalue weighted by molar-refractivity contribution is -0.143. The molecule has 0 aromatic carbocycles. The fourth-order valence-electron chi connectivity index (χ4n) is 1.47. The summed E-state index contributed by atoms with van der Waals surface area (Å²) in [4.78, 5) is 10.6. The van der Waals surface area contributed by atoms with Crippen LogP contribution >= 0.6 is 0 Å². The second kappa shape index (κ2) is 1.69. The van der Waals surface area contributed by atoms with Crippen molar-refractivity contribution in [1.82, 2.24) is 0 Å². The van der Waals surface area contributed by atoms with E-state index in [0.29, 0.717) is 19.3 Å². The summed E-state index contributed by atoms with van der Waals surface area (Å²) in [5, 5.41) is 17.8. The van der Waals surface area contributed by atoms with Crippen LogP contribution in [0.3, 0.4) is 0 Å². The zero-order valence-corrected chi connectivity index (χ0v) is 5.83. The number of rotatable bonds is 1. The summed E-state index contributed by atoms with van der Waals surface area (Å²) in [6.45, 7) is 0. The molecule has 11 heavy (non-hydrogen) atoms. The highest BCUT2D eigenvalue weighted by Crippen LogP contribution is 2.50. The maximum absolute atomic E-state index is 10.6. The highest BCUT2D eigenvalue weighted by atomic mass is 16.6. The number of hydrogen-bond acceptors (Lipinski definition) is 3. The van der Waals surface area contributed by atoms with Gasteiger partial charge in [0.2, 0.25) is 0 Å². The highest BCUT2D eigenvalue weighted by Gasteiger charge is 2.63. The van der Waals surface area contributed by atoms with Crippen LogP contribution < -0.4 is 0 Å². The predicted molar refractivity (Wildman–Crippen MR) is 35.0 cm³/mol. The molecular weight excluding hydrogens is 148 g/mol. The van der Waals surface area contributed by atoms with E-state index in [2.05, 4.69) is 0 Å². The number of hydrogen-bond donors (Lipinski definition) is 2. The van der Waals surface area contributed by atoms with E-state index >= 15 is 0 Å². The Balaban J connectivity index is 2.34. The number of aliphatic carboxylic acids is 1. The number of fused-ring (bicyclic) bond motifs is 1. The van der Waals surface area contributed by atoms with Crippen LogP contribution in [0.25, 0.3) is 0 Å². The first-order chi connectivity index (χ1) is 5.17. The molecule has 4 nitrogen and oxygen atoms in total. The Kier molecular flexibility index (Phi) is 1.00. The van der Waals surface area contributed by atoms with Gasteiger partial charge in [-0.15, -0.1) is 0 Å². The van der Waals surface area contributed by atoms with E-state index in [1.54, 1.807) is 0 Å². The standard InChI is InChI=1S/C7H8O4/c8-4-2-1-3-7(6(9)10)5(4)11-7/h8H,1-3H2,(H,9,10). The van der Waals surface area contributed by atoms with Crippen LogP contribution in [0.1, 0.15) is 19.3 Å². The predicted octanol–water partition coefficient (Wildman–Crippen LogP) is 0.793. The Labute approximate surface area is 63.1 Å². The van der Waals surface area contributed by atoms with Crippen molar-refractivity contribution in [3.05, 3.63) is 11.5 Å². The molecule has 2 rings (SSSR count). The molecule has 1 saturated heterocycles. The van der Waals surface area contributed by atoms with Crippen molar-refractivity contribution in [2.75, 3.05) is 0 Å². The fourth-order valence-corrected chi connectivity index (χ4v) is 1.47. The number of allylic oxidation sites excluding steroid dienone is 1. The molecule has 0 aromatic heterocycles. The third-order valence-electron chi connectivity index (χ3n) is 2.15. The molecule has 4 heteroatoms. The van der Waals surface area contributed by atoms with Crippen LogP contribution in [0.2, 0.25) is 0 Å². The summed E-state index contributed by atoms with van der Waals surface area (Å²) < 4.78 is 4.87. The van der Waals surface area contributed by atoms with Gasteiger partial charge in [-0.05, 0) is 6.42 Å². The second-order valence-electron chi connectivity index (χ2n) is 2.86. The van der Waals surface area contributed by atoms with Crippen molar-refractivity contribution >= 4 is 5.97 Å². The molecule has 0 radical (unpaired) electrons. The zero-order chi connectivity index (χ0) is 8.06. The quantitative estimate of drug-likeness (QED) is 0.551. The Bertz CT molecular complexity index is 255. The van der Waals surface area contributed by atoms with Gasteiger partial charge in [-0.25, -0.2) is 4.79 Å². The van der Waals surface area contributed by atoms with E-state index in [1.807, 2.05) is 0 Å². The largest absolute Gasteiger partial charge is 0.509 e. The maximum atomic E-state index is 10.6. The first-order valence-corrected chi connectivity index (χ1v) is 3.52. The van der Waals surface area contributed by atoms with Gasteiger partial charge < -0.3 is 14.9 Å². The van der Waals surface area contributed by atoms with E-state index in [0.717, 1.165) is 0 Å². The number of aliphatic hydroxyl groups excluding tert-OH is 1. The van der Waals surface area contributed by atoms with Gasteiger partial charge in [-0.1, -0.05) is 0 Å². The fraction of sp³-hybridized carbons (Fsp3) is 0.571. The second-order valence-corrected chi connectivity index (χ2v) is 2.86. The van der Waals surface area contributed by atoms with Crippen molar-refractivity contribution in [1.29, 1.82) is 0 Å². The van der Waals surface area contributed by atoms with Gasteiger partial charge in [-0.3, -0.25) is 0 Å². The van der Waals surface area contributed by atoms with E-state index in [4.69, 9.17) is 14.9 Å². The molecule has 2 N–H and O–H groups in total. The number of ether oxygens (including phenoxy) is 1. The van der Waals surface area contributed by atoms with Crippen LogP contribution in [0, 0.1) is 0 Å². The van der Waals surface area contributed by atoms with E-state index < -0.39 is 11.6 Å². The zero-order valence-electron chi connectivity index (χ0n) is 5.83. The van der Waals surface area contributed by atoms with Crippen LogP contribution in [0.5, 0.6) is 0 Å². The first kappa shape index (κ1) is 6.52. The lowest BCUT2D eigenvalue weighted by Crippen LogP contribution is -2.25. The Morgan fingerprint density at radius 3 is 2.91 bits per heavy atom. The van der Waals surface area contributed by atoms with E-state index in [9.17, 15) is 4.79 Å². The molecule has 1 heterocycles. The monoisotopic (exact) mass is 156 g/mol. The summed E-state index contributed by atoms with van der Waals surface area (Å²) in [6.07, 6.45) is 1.72. The number of carboxylic acids is 1. The molecule has 2 aliphatic rings. The normalized spacial score (nSPS) is 34.2. The third-order valence-corrected chi connectivity index (χ3v) is 2.15. The number of carbonyl (C=O) groups is 1. The van der Waals surface area contributed by atoms with E-state index in [1.165, 1.54) is 0 Å². The van der Waals surface area contributed by atoms with Gasteiger partial charge in [0.1, 0.15) is 5.76 Å². The first-order valence-electron chi connectivity index (χ1n) is 3.52. The number of epoxide rings is 1. The smallest absolute Gasteiger partial charge is 0.356 e. The summed E-state index contributed by atoms with van der Waals surface area (Å²) in [5.41, 5.74) is -1.14. The lowest BCUT2D eigenvalue weighted by atomic mass is 9.94. The molecule has 60 valence electrons. The minimum atomic E-state index is -1.14. The summed E-state index contributed by atoms with van der Waals surface area (Å²) >= 11 is 0. The summed E-state index contributed by atoms with van der Waals surface area (Å²) in [5.74, 6) is -0.603. The molecule has 1 fully saturated rings. The number of aliphatic hydroxyl groups is 1. The van der Waals surface area contributed by atoms with Crippen molar-refractivity contribution in [3.8, 4) is 0 Å². The van der Waals surface area contributed by atoms with Crippen molar-refractivity contribution in [3.63, 3.8) is 0 Å². The number of carboxylic acid groups (broad SMARTS) is 1. The topological polar surface area (TPSA) is 70.1 Å². The Morgan fingerprint density at radius 2 is 2.36 bits per heavy atom. The average molecular weight is 156 g/mol. The van der Waals surface area contributed by atoms with Gasteiger partial charge in [0.05, 0.1) is 0 Å². The molecule has 1 unspecified atom stereocenters. The maximum Gasteiger partial charge on any atom is 0.356 e. The van der Waals surface area contributed by atoms with E-state index in [-0.39, 0.29) is 11.5 Å². The molecule has 0 spiro atoms. The van der Waals surface area contributed by atoms with Crippen LogP contribution in [0.4, 0.5) is 0 Å². The Morgan fingerprint density at radius 1 is 1.64 bits per heavy atom. The SMILES string of the molecule is O=C(O)C12CCCC(O)=C1O2. The molecule has 1 atom stereocenters. The Hall–Kier alpha value is -1.19. The summed E-state index contributed by atoms with van der Waals surface area (Å²) in [6, 6.07) is 0. The van der Waals surface area contributed by atoms with Gasteiger partial charge in [0.15, 0.2) is 5.76 Å². The highest BCUT2D eigenvalue weighted by molar-refractivity contribution is 5.86. The van der Waals surface area contributed by atoms with Crippen molar-refractivity contribution < 1.29 is 19.7 Å². The molecule has 0 saturated carbocycles. The van der Waals surface area contributed by atoms with Crippen molar-refractivity contribution in [2.24, 2.45) is 0 Å². The van der Waals surface area contributed by atoms with Gasteiger partial charge in [0, 0.05) is 12.8 Å². The minimum absolute atomic E-state index is 0.110. The van der Waals surface area contributed by atoms with Gasteiger partial charge in [-0.2, -0.15) is 0 Å². The van der Waals surface area contributed by atoms with Crippen LogP contribution in [-0.2, 0) is 9.53 Å².